The highest BCUT2D eigenvalue weighted by molar-refractivity contribution is 7.99. The number of nitrogens with zero attached hydrogens (tertiary/aromatic N) is 4. The summed E-state index contributed by atoms with van der Waals surface area (Å²) in [6, 6.07) is 11.8. The minimum absolute atomic E-state index is 0.0405. The lowest BCUT2D eigenvalue weighted by Gasteiger charge is -2.15. The molecule has 0 saturated heterocycles. The van der Waals surface area contributed by atoms with Crippen LogP contribution in [-0.4, -0.2) is 44.4 Å². The minimum Gasteiger partial charge on any atom is -0.497 e. The van der Waals surface area contributed by atoms with Crippen LogP contribution in [0.4, 0.5) is 11.4 Å². The molecule has 0 aliphatic heterocycles. The van der Waals surface area contributed by atoms with Crippen molar-refractivity contribution in [1.82, 2.24) is 20.1 Å². The number of hydrogen-bond acceptors (Lipinski definition) is 8. The first-order valence-electron chi connectivity index (χ1n) is 10.5. The third kappa shape index (κ3) is 6.67. The molecule has 2 amide bonds. The summed E-state index contributed by atoms with van der Waals surface area (Å²) in [5.74, 6) is 0.632. The van der Waals surface area contributed by atoms with Gasteiger partial charge in [-0.25, -0.2) is 0 Å². The van der Waals surface area contributed by atoms with Gasteiger partial charge in [-0.1, -0.05) is 17.8 Å². The van der Waals surface area contributed by atoms with Crippen molar-refractivity contribution < 1.29 is 19.2 Å². The molecular weight excluding hydrogens is 472 g/mol. The van der Waals surface area contributed by atoms with Crippen LogP contribution in [0.1, 0.15) is 29.1 Å². The lowest BCUT2D eigenvalue weighted by Crippen LogP contribution is -2.28. The van der Waals surface area contributed by atoms with Crippen molar-refractivity contribution in [1.29, 1.82) is 0 Å². The Morgan fingerprint density at radius 1 is 1.20 bits per heavy atom. The molecule has 0 unspecified atom stereocenters. The largest absolute Gasteiger partial charge is 0.497 e. The number of thioether (sulfide) groups is 1. The fraction of sp³-hybridized carbons (Fsp3) is 0.217. The number of hydrogen-bond donors (Lipinski definition) is 2. The van der Waals surface area contributed by atoms with Crippen LogP contribution in [0.2, 0.25) is 0 Å². The van der Waals surface area contributed by atoms with Gasteiger partial charge >= 0.3 is 0 Å². The Hall–Kier alpha value is -4.19. The maximum Gasteiger partial charge on any atom is 0.269 e. The molecule has 2 N–H and O–H groups in total. The molecular formula is C23H24N6O5S. The van der Waals surface area contributed by atoms with Crippen LogP contribution in [0.3, 0.4) is 0 Å². The zero-order valence-corrected chi connectivity index (χ0v) is 19.9. The van der Waals surface area contributed by atoms with Crippen molar-refractivity contribution in [2.75, 3.05) is 18.2 Å². The summed E-state index contributed by atoms with van der Waals surface area (Å²) < 4.78 is 6.89. The minimum atomic E-state index is -0.508. The number of nitrogens with one attached hydrogen (secondary N) is 2. The van der Waals surface area contributed by atoms with Gasteiger partial charge in [-0.05, 0) is 43.3 Å². The lowest BCUT2D eigenvalue weighted by atomic mass is 10.2. The van der Waals surface area contributed by atoms with Gasteiger partial charge < -0.3 is 19.9 Å². The molecule has 1 heterocycles. The standard InChI is InChI=1S/C23H24N6O5S/c1-4-13-28-21(15(2)24-22(31)16-5-11-19(34-3)12-6-16)26-27-23(28)35-14-20(30)25-17-7-9-18(10-8-17)29(32)33/h4-12,15H,1,13-14H2,2-3H3,(H,24,31)(H,25,30)/t15-/m1/s1. The summed E-state index contributed by atoms with van der Waals surface area (Å²) in [7, 11) is 1.55. The molecule has 11 nitrogen and oxygen atoms in total. The highest BCUT2D eigenvalue weighted by Gasteiger charge is 2.20. The Labute approximate surface area is 205 Å². The predicted octanol–water partition coefficient (Wildman–Crippen LogP) is 3.60. The van der Waals surface area contributed by atoms with Gasteiger partial charge in [0.1, 0.15) is 5.75 Å². The molecule has 0 radical (unpaired) electrons. The smallest absolute Gasteiger partial charge is 0.269 e. The Kier molecular flexibility index (Phi) is 8.57. The van der Waals surface area contributed by atoms with Crippen molar-refractivity contribution >= 4 is 35.0 Å². The average Bonchev–Trinajstić information content (AvgIpc) is 3.26. The Morgan fingerprint density at radius 3 is 2.49 bits per heavy atom. The van der Waals surface area contributed by atoms with E-state index < -0.39 is 11.0 Å². The number of nitro groups is 1. The summed E-state index contributed by atoms with van der Waals surface area (Å²) >= 11 is 1.17. The first-order chi connectivity index (χ1) is 16.8. The topological polar surface area (TPSA) is 141 Å². The number of rotatable bonds is 11. The molecule has 0 saturated carbocycles. The molecule has 0 spiro atoms. The quantitative estimate of drug-likeness (QED) is 0.177. The second-order valence-corrected chi connectivity index (χ2v) is 8.25. The van der Waals surface area contributed by atoms with Gasteiger partial charge in [-0.2, -0.15) is 0 Å². The number of ether oxygens (including phenoxy) is 1. The fourth-order valence-electron chi connectivity index (χ4n) is 3.11. The first-order valence-corrected chi connectivity index (χ1v) is 11.5. The van der Waals surface area contributed by atoms with Crippen LogP contribution >= 0.6 is 11.8 Å². The molecule has 1 atom stereocenters. The lowest BCUT2D eigenvalue weighted by molar-refractivity contribution is -0.384. The Balaban J connectivity index is 1.63. The summed E-state index contributed by atoms with van der Waals surface area (Å²) in [5.41, 5.74) is 0.866. The van der Waals surface area contributed by atoms with E-state index in [1.807, 2.05) is 0 Å². The van der Waals surface area contributed by atoms with E-state index in [0.29, 0.717) is 34.5 Å². The second-order valence-electron chi connectivity index (χ2n) is 7.30. The highest BCUT2D eigenvalue weighted by Crippen LogP contribution is 2.22. The van der Waals surface area contributed by atoms with E-state index in [1.165, 1.54) is 36.0 Å². The van der Waals surface area contributed by atoms with E-state index in [4.69, 9.17) is 4.74 Å². The number of carbonyl (C=O) groups is 2. The molecule has 0 aliphatic carbocycles. The third-order valence-electron chi connectivity index (χ3n) is 4.84. The van der Waals surface area contributed by atoms with Gasteiger partial charge in [0.2, 0.25) is 5.91 Å². The van der Waals surface area contributed by atoms with Gasteiger partial charge in [0.25, 0.3) is 11.6 Å². The van der Waals surface area contributed by atoms with Crippen LogP contribution in [0.15, 0.2) is 66.3 Å². The zero-order valence-electron chi connectivity index (χ0n) is 19.1. The first kappa shape index (κ1) is 25.4. The number of methoxy groups -OCH3 is 1. The second kappa shape index (κ2) is 11.8. The summed E-state index contributed by atoms with van der Waals surface area (Å²) in [6.45, 7) is 5.94. The molecule has 12 heteroatoms. The van der Waals surface area contributed by atoms with E-state index in [1.54, 1.807) is 48.9 Å². The van der Waals surface area contributed by atoms with E-state index in [2.05, 4.69) is 27.4 Å². The van der Waals surface area contributed by atoms with E-state index in [-0.39, 0.29) is 23.3 Å². The molecule has 182 valence electrons. The van der Waals surface area contributed by atoms with Gasteiger partial charge in [-0.15, -0.1) is 16.8 Å². The predicted molar refractivity (Wildman–Crippen MR) is 132 cm³/mol. The SMILES string of the molecule is C=CCn1c(SCC(=O)Nc2ccc([N+](=O)[O-])cc2)nnc1[C@@H](C)NC(=O)c1ccc(OC)cc1. The summed E-state index contributed by atoms with van der Waals surface area (Å²) in [5, 5.41) is 25.2. The molecule has 35 heavy (non-hydrogen) atoms. The average molecular weight is 497 g/mol. The van der Waals surface area contributed by atoms with Gasteiger partial charge in [-0.3, -0.25) is 19.7 Å². The molecule has 0 bridgehead atoms. The summed E-state index contributed by atoms with van der Waals surface area (Å²) in [4.78, 5) is 35.2. The van der Waals surface area contributed by atoms with Gasteiger partial charge in [0, 0.05) is 29.9 Å². The van der Waals surface area contributed by atoms with Crippen LogP contribution < -0.4 is 15.4 Å². The number of benzene rings is 2. The molecule has 3 rings (SSSR count). The van der Waals surface area contributed by atoms with Crippen molar-refractivity contribution in [2.45, 2.75) is 24.7 Å². The third-order valence-corrected chi connectivity index (χ3v) is 5.81. The number of allylic oxidation sites excluding steroid dienone is 1. The van der Waals surface area contributed by atoms with Crippen molar-refractivity contribution in [2.24, 2.45) is 0 Å². The number of non-ortho nitro benzene ring substituents is 1. The number of nitro benzene ring substituents is 1. The molecule has 3 aromatic rings. The molecule has 0 aliphatic rings. The Bertz CT molecular complexity index is 1210. The normalized spacial score (nSPS) is 11.4. The van der Waals surface area contributed by atoms with E-state index >= 15 is 0 Å². The Morgan fingerprint density at radius 2 is 1.89 bits per heavy atom. The molecule has 2 aromatic carbocycles. The van der Waals surface area contributed by atoms with Gasteiger partial charge in [0.15, 0.2) is 11.0 Å². The molecule has 0 fully saturated rings. The van der Waals surface area contributed by atoms with Crippen molar-refractivity contribution in [3.63, 3.8) is 0 Å². The van der Waals surface area contributed by atoms with Crippen LogP contribution in [0.25, 0.3) is 0 Å². The van der Waals surface area contributed by atoms with Crippen LogP contribution in [-0.2, 0) is 11.3 Å². The maximum atomic E-state index is 12.6. The van der Waals surface area contributed by atoms with Crippen molar-refractivity contribution in [3.05, 3.63) is 82.7 Å². The number of anilines is 1. The van der Waals surface area contributed by atoms with E-state index in [9.17, 15) is 19.7 Å². The maximum absolute atomic E-state index is 12.6. The monoisotopic (exact) mass is 496 g/mol. The van der Waals surface area contributed by atoms with Crippen LogP contribution in [0.5, 0.6) is 5.75 Å². The fourth-order valence-corrected chi connectivity index (χ4v) is 3.86. The van der Waals surface area contributed by atoms with Gasteiger partial charge in [0.05, 0.1) is 23.8 Å². The number of aromatic nitrogens is 3. The van der Waals surface area contributed by atoms with E-state index in [0.717, 1.165) is 0 Å². The van der Waals surface area contributed by atoms with Crippen molar-refractivity contribution in [3.8, 4) is 5.75 Å². The van der Waals surface area contributed by atoms with Crippen LogP contribution in [0, 0.1) is 10.1 Å². The number of amides is 2. The highest BCUT2D eigenvalue weighted by atomic mass is 32.2. The molecule has 1 aromatic heterocycles. The summed E-state index contributed by atoms with van der Waals surface area (Å²) in [6.07, 6.45) is 1.67. The zero-order chi connectivity index (χ0) is 25.4. The number of carbonyl (C=O) groups excluding carboxylic acids is 2.